The van der Waals surface area contributed by atoms with E-state index in [0.29, 0.717) is 5.69 Å². The molecule has 0 aliphatic rings. The van der Waals surface area contributed by atoms with Gasteiger partial charge in [-0.3, -0.25) is 9.78 Å². The Morgan fingerprint density at radius 3 is 2.84 bits per heavy atom. The molecule has 0 aromatic carbocycles. The third kappa shape index (κ3) is 5.35. The van der Waals surface area contributed by atoms with E-state index in [1.54, 1.807) is 18.5 Å². The second-order valence-corrected chi connectivity index (χ2v) is 3.98. The second-order valence-electron chi connectivity index (χ2n) is 3.98. The van der Waals surface area contributed by atoms with E-state index >= 15 is 0 Å². The molecule has 0 fully saturated rings. The number of rotatable bonds is 6. The molecule has 0 saturated heterocycles. The molecule has 1 rings (SSSR count). The van der Waals surface area contributed by atoms with Crippen LogP contribution in [0.25, 0.3) is 0 Å². The van der Waals surface area contributed by atoms with Crippen LogP contribution >= 0.6 is 0 Å². The molecule has 0 bridgehead atoms. The highest BCUT2D eigenvalue weighted by molar-refractivity contribution is 5.89. The lowest BCUT2D eigenvalue weighted by Crippen LogP contribution is -2.37. The van der Waals surface area contributed by atoms with Crippen molar-refractivity contribution in [1.29, 1.82) is 0 Å². The van der Waals surface area contributed by atoms with Crippen LogP contribution in [0.4, 0.5) is 10.5 Å². The first-order chi connectivity index (χ1) is 9.02. The maximum Gasteiger partial charge on any atom is 0.319 e. The number of hydrogen-bond acceptors (Lipinski definition) is 4. The van der Waals surface area contributed by atoms with Crippen molar-refractivity contribution in [2.45, 2.75) is 19.4 Å². The molecule has 104 valence electrons. The molecule has 1 heterocycles. The van der Waals surface area contributed by atoms with E-state index < -0.39 is 18.1 Å². The molecule has 3 N–H and O–H groups in total. The van der Waals surface area contributed by atoms with Gasteiger partial charge in [-0.2, -0.15) is 0 Å². The van der Waals surface area contributed by atoms with E-state index in [1.807, 2.05) is 6.92 Å². The molecule has 1 aromatic rings. The Balaban J connectivity index is 2.43. The summed E-state index contributed by atoms with van der Waals surface area (Å²) < 4.78 is 4.95. The lowest BCUT2D eigenvalue weighted by molar-refractivity contribution is -0.139. The van der Waals surface area contributed by atoms with Crippen LogP contribution in [0.1, 0.15) is 12.0 Å². The first kappa shape index (κ1) is 14.9. The highest BCUT2D eigenvalue weighted by Crippen LogP contribution is 2.10. The molecular formula is C12H17N3O4. The molecule has 7 nitrogen and oxygen atoms in total. The third-order valence-corrected chi connectivity index (χ3v) is 2.51. The summed E-state index contributed by atoms with van der Waals surface area (Å²) in [6.45, 7) is 1.97. The van der Waals surface area contributed by atoms with Crippen LogP contribution in [0.15, 0.2) is 18.5 Å². The monoisotopic (exact) mass is 267 g/mol. The quantitative estimate of drug-likeness (QED) is 0.714. The highest BCUT2D eigenvalue weighted by atomic mass is 16.5. The van der Waals surface area contributed by atoms with Crippen molar-refractivity contribution < 1.29 is 19.4 Å². The van der Waals surface area contributed by atoms with Crippen molar-refractivity contribution in [3.63, 3.8) is 0 Å². The number of aliphatic carboxylic acids is 1. The van der Waals surface area contributed by atoms with E-state index in [4.69, 9.17) is 9.84 Å². The normalized spacial score (nSPS) is 11.7. The number of nitrogens with one attached hydrogen (secondary N) is 2. The molecule has 2 amide bonds. The number of carboxylic acids is 1. The molecule has 1 unspecified atom stereocenters. The Labute approximate surface area is 111 Å². The van der Waals surface area contributed by atoms with E-state index in [-0.39, 0.29) is 13.0 Å². The van der Waals surface area contributed by atoms with Crippen LogP contribution in [0.3, 0.4) is 0 Å². The standard InChI is InChI=1S/C12H17N3O4/c1-8-3-4-13-7-10(8)15-12(18)14-6-9(19-2)5-11(16)17/h3-4,7,9H,5-6H2,1-2H3,(H,16,17)(H2,14,15,18). The summed E-state index contributed by atoms with van der Waals surface area (Å²) in [5, 5.41) is 13.8. The summed E-state index contributed by atoms with van der Waals surface area (Å²) in [6, 6.07) is 1.35. The smallest absolute Gasteiger partial charge is 0.319 e. The minimum Gasteiger partial charge on any atom is -0.481 e. The molecule has 1 atom stereocenters. The summed E-state index contributed by atoms with van der Waals surface area (Å²) in [6.07, 6.45) is 2.45. The second kappa shape index (κ2) is 7.32. The fraction of sp³-hybridized carbons (Fsp3) is 0.417. The fourth-order valence-electron chi connectivity index (χ4n) is 1.40. The number of aryl methyl sites for hydroxylation is 1. The van der Waals surface area contributed by atoms with Crippen molar-refractivity contribution in [3.8, 4) is 0 Å². The molecule has 19 heavy (non-hydrogen) atoms. The lowest BCUT2D eigenvalue weighted by Gasteiger charge is -2.14. The van der Waals surface area contributed by atoms with Crippen molar-refractivity contribution in [1.82, 2.24) is 10.3 Å². The van der Waals surface area contributed by atoms with Gasteiger partial charge in [-0.1, -0.05) is 0 Å². The number of amides is 2. The number of pyridine rings is 1. The van der Waals surface area contributed by atoms with Gasteiger partial charge in [0.15, 0.2) is 0 Å². The van der Waals surface area contributed by atoms with Gasteiger partial charge in [-0.25, -0.2) is 4.79 Å². The number of urea groups is 1. The minimum absolute atomic E-state index is 0.119. The van der Waals surface area contributed by atoms with Gasteiger partial charge in [0.2, 0.25) is 0 Å². The first-order valence-corrected chi connectivity index (χ1v) is 5.73. The number of nitrogens with zero attached hydrogens (tertiary/aromatic N) is 1. The largest absolute Gasteiger partial charge is 0.481 e. The Morgan fingerprint density at radius 2 is 2.26 bits per heavy atom. The zero-order chi connectivity index (χ0) is 14.3. The molecule has 0 aliphatic heterocycles. The van der Waals surface area contributed by atoms with Gasteiger partial charge >= 0.3 is 12.0 Å². The SMILES string of the molecule is COC(CNC(=O)Nc1cnccc1C)CC(=O)O. The molecule has 0 saturated carbocycles. The van der Waals surface area contributed by atoms with E-state index in [2.05, 4.69) is 15.6 Å². The van der Waals surface area contributed by atoms with E-state index in [9.17, 15) is 9.59 Å². The zero-order valence-electron chi connectivity index (χ0n) is 10.8. The van der Waals surface area contributed by atoms with Crippen LogP contribution in [0.5, 0.6) is 0 Å². The Kier molecular flexibility index (Phi) is 5.74. The fourth-order valence-corrected chi connectivity index (χ4v) is 1.40. The van der Waals surface area contributed by atoms with Crippen molar-refractivity contribution in [3.05, 3.63) is 24.0 Å². The number of carbonyl (C=O) groups is 2. The Bertz CT molecular complexity index is 450. The lowest BCUT2D eigenvalue weighted by atomic mass is 10.2. The summed E-state index contributed by atoms with van der Waals surface area (Å²) in [4.78, 5) is 26.1. The highest BCUT2D eigenvalue weighted by Gasteiger charge is 2.13. The van der Waals surface area contributed by atoms with Crippen molar-refractivity contribution in [2.75, 3.05) is 19.0 Å². The number of methoxy groups -OCH3 is 1. The van der Waals surface area contributed by atoms with Gasteiger partial charge in [-0.15, -0.1) is 0 Å². The first-order valence-electron chi connectivity index (χ1n) is 5.73. The topological polar surface area (TPSA) is 101 Å². The predicted octanol–water partition coefficient (Wildman–Crippen LogP) is 1.00. The molecular weight excluding hydrogens is 250 g/mol. The summed E-state index contributed by atoms with van der Waals surface area (Å²) in [5.41, 5.74) is 1.49. The van der Waals surface area contributed by atoms with Crippen LogP contribution in [0.2, 0.25) is 0 Å². The number of carbonyl (C=O) groups excluding carboxylic acids is 1. The Morgan fingerprint density at radius 1 is 1.53 bits per heavy atom. The summed E-state index contributed by atoms with van der Waals surface area (Å²) in [7, 11) is 1.40. The zero-order valence-corrected chi connectivity index (χ0v) is 10.8. The summed E-state index contributed by atoms with van der Waals surface area (Å²) >= 11 is 0. The minimum atomic E-state index is -0.975. The molecule has 0 radical (unpaired) electrons. The van der Waals surface area contributed by atoms with Gasteiger partial charge in [0.1, 0.15) is 0 Å². The molecule has 0 spiro atoms. The van der Waals surface area contributed by atoms with Gasteiger partial charge in [0, 0.05) is 19.9 Å². The van der Waals surface area contributed by atoms with E-state index in [0.717, 1.165) is 5.56 Å². The number of carboxylic acid groups (broad SMARTS) is 1. The average Bonchev–Trinajstić information content (AvgIpc) is 2.37. The maximum absolute atomic E-state index is 11.6. The van der Waals surface area contributed by atoms with Crippen LogP contribution < -0.4 is 10.6 Å². The number of ether oxygens (including phenoxy) is 1. The van der Waals surface area contributed by atoms with Crippen molar-refractivity contribution in [2.24, 2.45) is 0 Å². The molecule has 0 aliphatic carbocycles. The van der Waals surface area contributed by atoms with Crippen LogP contribution in [-0.4, -0.2) is 41.8 Å². The van der Waals surface area contributed by atoms with Gasteiger partial charge in [0.05, 0.1) is 24.4 Å². The van der Waals surface area contributed by atoms with E-state index in [1.165, 1.54) is 7.11 Å². The Hall–Kier alpha value is -2.15. The average molecular weight is 267 g/mol. The maximum atomic E-state index is 11.6. The van der Waals surface area contributed by atoms with Crippen LogP contribution in [-0.2, 0) is 9.53 Å². The number of anilines is 1. The number of aromatic nitrogens is 1. The third-order valence-electron chi connectivity index (χ3n) is 2.51. The predicted molar refractivity (Wildman–Crippen MR) is 69.0 cm³/mol. The molecule has 7 heteroatoms. The van der Waals surface area contributed by atoms with Crippen LogP contribution in [0, 0.1) is 6.92 Å². The van der Waals surface area contributed by atoms with Crippen molar-refractivity contribution >= 4 is 17.7 Å². The van der Waals surface area contributed by atoms with Gasteiger partial charge in [0.25, 0.3) is 0 Å². The molecule has 1 aromatic heterocycles. The number of hydrogen-bond donors (Lipinski definition) is 3. The van der Waals surface area contributed by atoms with Gasteiger partial charge < -0.3 is 20.5 Å². The van der Waals surface area contributed by atoms with Gasteiger partial charge in [-0.05, 0) is 18.6 Å². The summed E-state index contributed by atoms with van der Waals surface area (Å²) in [5.74, 6) is -0.975.